The predicted molar refractivity (Wildman–Crippen MR) is 166 cm³/mol. The van der Waals surface area contributed by atoms with Gasteiger partial charge >= 0.3 is 0 Å². The van der Waals surface area contributed by atoms with Crippen LogP contribution in [0.2, 0.25) is 0 Å². The lowest BCUT2D eigenvalue weighted by Gasteiger charge is -2.44. The Bertz CT molecular complexity index is 1280. The summed E-state index contributed by atoms with van der Waals surface area (Å²) in [5.74, 6) is 2.35. The molecule has 2 heterocycles. The zero-order valence-corrected chi connectivity index (χ0v) is 26.1. The second-order valence-electron chi connectivity index (χ2n) is 14.2. The number of piperidine rings is 1. The van der Waals surface area contributed by atoms with E-state index in [-0.39, 0.29) is 29.7 Å². The van der Waals surface area contributed by atoms with Crippen LogP contribution in [0.5, 0.6) is 0 Å². The highest BCUT2D eigenvalue weighted by Crippen LogP contribution is 2.56. The normalized spacial score (nSPS) is 33.6. The van der Waals surface area contributed by atoms with Crippen LogP contribution in [-0.4, -0.2) is 78.4 Å². The van der Waals surface area contributed by atoms with Crippen LogP contribution in [0.1, 0.15) is 70.4 Å². The molecule has 42 heavy (non-hydrogen) atoms. The quantitative estimate of drug-likeness (QED) is 0.352. The number of hydrogen-bond donors (Lipinski definition) is 0. The second kappa shape index (κ2) is 12.1. The van der Waals surface area contributed by atoms with Crippen LogP contribution >= 0.6 is 0 Å². The molecule has 1 saturated heterocycles. The van der Waals surface area contributed by atoms with E-state index in [2.05, 4.69) is 47.6 Å². The lowest BCUT2D eigenvalue weighted by Crippen LogP contribution is -2.52. The fourth-order valence-corrected chi connectivity index (χ4v) is 9.54. The number of aldehydes is 1. The van der Waals surface area contributed by atoms with Crippen molar-refractivity contribution in [2.24, 2.45) is 41.4 Å². The van der Waals surface area contributed by atoms with Gasteiger partial charge in [0.15, 0.2) is 5.58 Å². The van der Waals surface area contributed by atoms with E-state index >= 15 is 0 Å². The van der Waals surface area contributed by atoms with Gasteiger partial charge < -0.3 is 24.0 Å². The van der Waals surface area contributed by atoms with E-state index in [0.717, 1.165) is 74.1 Å². The van der Waals surface area contributed by atoms with Gasteiger partial charge in [-0.05, 0) is 93.8 Å². The SMILES string of the molecule is C=C(C)N(C)C1C(C)C2CC1C(C(=O)N(C)CC1CCCCC1CN1CCC(c3noc4ccccc34)CC1)C2C=O. The molecule has 1 aromatic carbocycles. The Morgan fingerprint density at radius 2 is 1.81 bits per heavy atom. The molecule has 0 spiro atoms. The van der Waals surface area contributed by atoms with E-state index in [4.69, 9.17) is 4.52 Å². The molecule has 1 aliphatic heterocycles. The number of rotatable bonds is 9. The van der Waals surface area contributed by atoms with Crippen molar-refractivity contribution in [1.29, 1.82) is 0 Å². The number of fused-ring (bicyclic) bond motifs is 3. The van der Waals surface area contributed by atoms with Crippen molar-refractivity contribution in [3.8, 4) is 0 Å². The van der Waals surface area contributed by atoms with Gasteiger partial charge in [-0.25, -0.2) is 0 Å². The molecule has 7 heteroatoms. The number of carbonyl (C=O) groups is 2. The third kappa shape index (κ3) is 5.31. The molecule has 1 amide bonds. The van der Waals surface area contributed by atoms with Gasteiger partial charge in [-0.3, -0.25) is 4.79 Å². The molecule has 8 unspecified atom stereocenters. The summed E-state index contributed by atoms with van der Waals surface area (Å²) in [7, 11) is 4.10. The number of aromatic nitrogens is 1. The highest BCUT2D eigenvalue weighted by molar-refractivity contribution is 5.83. The molecule has 6 rings (SSSR count). The lowest BCUT2D eigenvalue weighted by atomic mass is 9.71. The zero-order valence-electron chi connectivity index (χ0n) is 26.1. The summed E-state index contributed by atoms with van der Waals surface area (Å²) in [5, 5.41) is 5.61. The number of allylic oxidation sites excluding steroid dienone is 1. The molecule has 3 saturated carbocycles. The Balaban J connectivity index is 1.07. The van der Waals surface area contributed by atoms with Crippen LogP contribution < -0.4 is 0 Å². The maximum atomic E-state index is 14.1. The van der Waals surface area contributed by atoms with E-state index in [9.17, 15) is 9.59 Å². The number of carbonyl (C=O) groups excluding carboxylic acids is 2. The first-order valence-corrected chi connectivity index (χ1v) is 16.4. The van der Waals surface area contributed by atoms with Crippen molar-refractivity contribution < 1.29 is 14.1 Å². The second-order valence-corrected chi connectivity index (χ2v) is 14.2. The zero-order chi connectivity index (χ0) is 29.5. The van der Waals surface area contributed by atoms with E-state index in [1.165, 1.54) is 25.7 Å². The fraction of sp³-hybridized carbons (Fsp3) is 0.686. The summed E-state index contributed by atoms with van der Waals surface area (Å²) in [5.41, 5.74) is 3.04. The van der Waals surface area contributed by atoms with Gasteiger partial charge in [-0.1, -0.05) is 43.6 Å². The van der Waals surface area contributed by atoms with Crippen LogP contribution in [0.3, 0.4) is 0 Å². The number of nitrogens with zero attached hydrogens (tertiary/aromatic N) is 4. The number of likely N-dealkylation sites (tertiary alicyclic amines) is 1. The third-order valence-electron chi connectivity index (χ3n) is 11.9. The Hall–Kier alpha value is -2.67. The van der Waals surface area contributed by atoms with Gasteiger partial charge in [-0.15, -0.1) is 0 Å². The molecule has 8 atom stereocenters. The minimum atomic E-state index is -0.200. The minimum Gasteiger partial charge on any atom is -0.375 e. The molecule has 1 aromatic heterocycles. The standard InChI is InChI=1S/C35H50N4O3/c1-22(2)38(5)34-23(3)28-18-29(34)32(30(28)21-40)35(41)37(4)19-25-10-6-7-11-26(25)20-39-16-14-24(15-17-39)33-27-12-8-9-13-31(27)42-36-33/h8-9,12-13,21,23-26,28-30,32,34H,1,6-7,10-11,14-20H2,2-5H3. The summed E-state index contributed by atoms with van der Waals surface area (Å²) in [4.78, 5) is 33.3. The molecular weight excluding hydrogens is 524 g/mol. The first-order valence-electron chi connectivity index (χ1n) is 16.4. The molecule has 4 aliphatic rings. The average Bonchev–Trinajstić information content (AvgIpc) is 3.69. The smallest absolute Gasteiger partial charge is 0.226 e. The summed E-state index contributed by atoms with van der Waals surface area (Å²) in [6, 6.07) is 8.49. The van der Waals surface area contributed by atoms with Crippen molar-refractivity contribution in [3.63, 3.8) is 0 Å². The van der Waals surface area contributed by atoms with Gasteiger partial charge in [0.05, 0.1) is 11.6 Å². The minimum absolute atomic E-state index is 0.153. The van der Waals surface area contributed by atoms with Gasteiger partial charge in [0.25, 0.3) is 0 Å². The van der Waals surface area contributed by atoms with E-state index in [1.54, 1.807) is 0 Å². The molecule has 2 bridgehead atoms. The van der Waals surface area contributed by atoms with E-state index < -0.39 is 0 Å². The third-order valence-corrected chi connectivity index (χ3v) is 11.9. The molecule has 2 aromatic rings. The maximum Gasteiger partial charge on any atom is 0.226 e. The summed E-state index contributed by atoms with van der Waals surface area (Å²) < 4.78 is 5.60. The van der Waals surface area contributed by atoms with Gasteiger partial charge in [-0.2, -0.15) is 0 Å². The first kappa shape index (κ1) is 29.4. The van der Waals surface area contributed by atoms with E-state index in [0.29, 0.717) is 29.6 Å². The van der Waals surface area contributed by atoms with Crippen LogP contribution in [0.25, 0.3) is 11.0 Å². The van der Waals surface area contributed by atoms with Crippen LogP contribution in [0.4, 0.5) is 0 Å². The number of hydrogen-bond acceptors (Lipinski definition) is 6. The van der Waals surface area contributed by atoms with Gasteiger partial charge in [0.1, 0.15) is 6.29 Å². The Labute approximate surface area is 251 Å². The Morgan fingerprint density at radius 3 is 2.52 bits per heavy atom. The highest BCUT2D eigenvalue weighted by atomic mass is 16.5. The fourth-order valence-electron chi connectivity index (χ4n) is 9.54. The molecule has 4 fully saturated rings. The molecule has 228 valence electrons. The number of para-hydroxylation sites is 1. The molecular formula is C35H50N4O3. The monoisotopic (exact) mass is 574 g/mol. The number of amides is 1. The van der Waals surface area contributed by atoms with Crippen molar-refractivity contribution in [2.75, 3.05) is 40.3 Å². The predicted octanol–water partition coefficient (Wildman–Crippen LogP) is 5.82. The maximum absolute atomic E-state index is 14.1. The molecule has 3 aliphatic carbocycles. The van der Waals surface area contributed by atoms with Crippen molar-refractivity contribution in [1.82, 2.24) is 19.9 Å². The van der Waals surface area contributed by atoms with Crippen LogP contribution in [-0.2, 0) is 9.59 Å². The van der Waals surface area contributed by atoms with Crippen molar-refractivity contribution in [3.05, 3.63) is 42.2 Å². The lowest BCUT2D eigenvalue weighted by molar-refractivity contribution is -0.142. The van der Waals surface area contributed by atoms with Crippen LogP contribution in [0.15, 0.2) is 41.1 Å². The van der Waals surface area contributed by atoms with E-state index in [1.807, 2.05) is 31.0 Å². The topological polar surface area (TPSA) is 69.9 Å². The Morgan fingerprint density at radius 1 is 1.10 bits per heavy atom. The molecule has 0 N–H and O–H groups in total. The van der Waals surface area contributed by atoms with Crippen molar-refractivity contribution >= 4 is 23.2 Å². The summed E-state index contributed by atoms with van der Waals surface area (Å²) in [6.45, 7) is 12.6. The van der Waals surface area contributed by atoms with Crippen molar-refractivity contribution in [2.45, 2.75) is 70.8 Å². The van der Waals surface area contributed by atoms with Gasteiger partial charge in [0.2, 0.25) is 5.91 Å². The highest BCUT2D eigenvalue weighted by Gasteiger charge is 2.60. The Kier molecular flexibility index (Phi) is 8.50. The first-order chi connectivity index (χ1) is 20.3. The van der Waals surface area contributed by atoms with Gasteiger partial charge in [0, 0.05) is 56.1 Å². The molecule has 0 radical (unpaired) electrons. The number of benzene rings is 1. The summed E-state index contributed by atoms with van der Waals surface area (Å²) in [6.07, 6.45) is 9.27. The molecule has 7 nitrogen and oxygen atoms in total. The van der Waals surface area contributed by atoms with Crippen LogP contribution in [0, 0.1) is 41.4 Å². The largest absolute Gasteiger partial charge is 0.375 e. The summed E-state index contributed by atoms with van der Waals surface area (Å²) >= 11 is 0. The average molecular weight is 575 g/mol.